The monoisotopic (exact) mass is 354 g/mol. The van der Waals surface area contributed by atoms with Crippen LogP contribution in [0.5, 0.6) is 0 Å². The Morgan fingerprint density at radius 1 is 1.48 bits per heavy atom. The zero-order chi connectivity index (χ0) is 15.4. The summed E-state index contributed by atoms with van der Waals surface area (Å²) in [6.07, 6.45) is 1.95. The van der Waals surface area contributed by atoms with Crippen LogP contribution in [0.1, 0.15) is 45.2 Å². The van der Waals surface area contributed by atoms with Crippen molar-refractivity contribution in [2.24, 2.45) is 5.92 Å². The molecule has 2 N–H and O–H groups in total. The van der Waals surface area contributed by atoms with Crippen molar-refractivity contribution in [3.63, 3.8) is 0 Å². The minimum atomic E-state index is -0.232. The Balaban J connectivity index is 2.22. The van der Waals surface area contributed by atoms with Gasteiger partial charge in [0.2, 0.25) is 0 Å². The highest BCUT2D eigenvalue weighted by Crippen LogP contribution is 2.32. The summed E-state index contributed by atoms with van der Waals surface area (Å²) in [6, 6.07) is 6.80. The Kier molecular flexibility index (Phi) is 6.08. The van der Waals surface area contributed by atoms with Crippen LogP contribution in [-0.2, 0) is 0 Å². The SMILES string of the molecule is CCCNC(C)c1ccc(Br)cc1N1CCC(C)C(O)C1. The van der Waals surface area contributed by atoms with Crippen molar-refractivity contribution in [2.75, 3.05) is 24.5 Å². The molecule has 4 heteroatoms. The molecule has 3 atom stereocenters. The van der Waals surface area contributed by atoms with Crippen molar-refractivity contribution in [1.82, 2.24) is 5.32 Å². The van der Waals surface area contributed by atoms with Crippen molar-refractivity contribution in [1.29, 1.82) is 0 Å². The third kappa shape index (κ3) is 4.21. The molecule has 1 saturated heterocycles. The Hall–Kier alpha value is -0.580. The topological polar surface area (TPSA) is 35.5 Å². The number of anilines is 1. The van der Waals surface area contributed by atoms with E-state index in [2.05, 4.69) is 65.1 Å². The smallest absolute Gasteiger partial charge is 0.0741 e. The molecule has 1 heterocycles. The molecule has 21 heavy (non-hydrogen) atoms. The van der Waals surface area contributed by atoms with Gasteiger partial charge in [0.15, 0.2) is 0 Å². The van der Waals surface area contributed by atoms with E-state index in [0.29, 0.717) is 12.0 Å². The molecule has 1 aliphatic heterocycles. The number of rotatable bonds is 5. The van der Waals surface area contributed by atoms with Crippen LogP contribution in [0.2, 0.25) is 0 Å². The summed E-state index contributed by atoms with van der Waals surface area (Å²) >= 11 is 3.58. The number of nitrogens with zero attached hydrogens (tertiary/aromatic N) is 1. The first kappa shape index (κ1) is 16.8. The molecule has 0 saturated carbocycles. The van der Waals surface area contributed by atoms with E-state index >= 15 is 0 Å². The molecular formula is C17H27BrN2O. The molecule has 118 valence electrons. The number of nitrogens with one attached hydrogen (secondary N) is 1. The molecule has 1 aliphatic rings. The van der Waals surface area contributed by atoms with E-state index in [1.165, 1.54) is 11.3 Å². The summed E-state index contributed by atoms with van der Waals surface area (Å²) in [4.78, 5) is 2.33. The number of β-amino-alcohol motifs (C(OH)–C–C–N with tert-alkyl or cyclic N) is 1. The molecule has 3 nitrogen and oxygen atoms in total. The van der Waals surface area contributed by atoms with E-state index in [0.717, 1.165) is 36.9 Å². The van der Waals surface area contributed by atoms with Gasteiger partial charge in [-0.15, -0.1) is 0 Å². The number of piperidine rings is 1. The molecule has 0 amide bonds. The predicted octanol–water partition coefficient (Wildman–Crippen LogP) is 3.72. The lowest BCUT2D eigenvalue weighted by Crippen LogP contribution is -2.43. The summed E-state index contributed by atoms with van der Waals surface area (Å²) in [6.45, 7) is 9.30. The minimum absolute atomic E-state index is 0.232. The van der Waals surface area contributed by atoms with Crippen molar-refractivity contribution in [3.05, 3.63) is 28.2 Å². The molecule has 1 aromatic rings. The predicted molar refractivity (Wildman–Crippen MR) is 92.9 cm³/mol. The Bertz CT molecular complexity index is 466. The van der Waals surface area contributed by atoms with E-state index in [9.17, 15) is 5.11 Å². The van der Waals surface area contributed by atoms with Gasteiger partial charge in [-0.3, -0.25) is 0 Å². The van der Waals surface area contributed by atoms with Crippen molar-refractivity contribution < 1.29 is 5.11 Å². The normalized spacial score (nSPS) is 24.1. The van der Waals surface area contributed by atoms with Crippen molar-refractivity contribution in [3.8, 4) is 0 Å². The summed E-state index contributed by atoms with van der Waals surface area (Å²) in [5, 5.41) is 13.7. The molecule has 1 aromatic carbocycles. The Labute approximate surface area is 136 Å². The van der Waals surface area contributed by atoms with E-state index in [1.54, 1.807) is 0 Å². The summed E-state index contributed by atoms with van der Waals surface area (Å²) in [5.41, 5.74) is 2.56. The Morgan fingerprint density at radius 3 is 2.90 bits per heavy atom. The number of hydrogen-bond donors (Lipinski definition) is 2. The van der Waals surface area contributed by atoms with E-state index in [4.69, 9.17) is 0 Å². The molecule has 0 aliphatic carbocycles. The number of aliphatic hydroxyl groups excluding tert-OH is 1. The zero-order valence-electron chi connectivity index (χ0n) is 13.3. The van der Waals surface area contributed by atoms with Crippen LogP contribution in [0.4, 0.5) is 5.69 Å². The highest BCUT2D eigenvalue weighted by Gasteiger charge is 2.26. The molecule has 0 radical (unpaired) electrons. The van der Waals surface area contributed by atoms with E-state index in [1.807, 2.05) is 0 Å². The summed E-state index contributed by atoms with van der Waals surface area (Å²) in [5.74, 6) is 0.396. The van der Waals surface area contributed by atoms with Gasteiger partial charge in [0.1, 0.15) is 0 Å². The first-order valence-corrected chi connectivity index (χ1v) is 8.78. The van der Waals surface area contributed by atoms with Crippen LogP contribution in [0, 0.1) is 5.92 Å². The van der Waals surface area contributed by atoms with E-state index in [-0.39, 0.29) is 6.10 Å². The van der Waals surface area contributed by atoms with Crippen molar-refractivity contribution >= 4 is 21.6 Å². The van der Waals surface area contributed by atoms with Gasteiger partial charge in [-0.05, 0) is 49.9 Å². The molecule has 1 fully saturated rings. The van der Waals surface area contributed by atoms with Gasteiger partial charge in [0.05, 0.1) is 6.10 Å². The quantitative estimate of drug-likeness (QED) is 0.845. The van der Waals surface area contributed by atoms with Crippen LogP contribution in [0.25, 0.3) is 0 Å². The van der Waals surface area contributed by atoms with Gasteiger partial charge in [-0.25, -0.2) is 0 Å². The average Bonchev–Trinajstić information content (AvgIpc) is 2.47. The molecule has 0 spiro atoms. The minimum Gasteiger partial charge on any atom is -0.391 e. The first-order valence-electron chi connectivity index (χ1n) is 7.98. The maximum atomic E-state index is 10.2. The molecular weight excluding hydrogens is 328 g/mol. The number of hydrogen-bond acceptors (Lipinski definition) is 3. The maximum absolute atomic E-state index is 10.2. The van der Waals surface area contributed by atoms with Gasteiger partial charge in [-0.1, -0.05) is 35.8 Å². The number of aliphatic hydroxyl groups is 1. The fraction of sp³-hybridized carbons (Fsp3) is 0.647. The molecule has 0 aromatic heterocycles. The standard InChI is InChI=1S/C17H27BrN2O/c1-4-8-19-13(3)15-6-5-14(18)10-16(15)20-9-7-12(2)17(21)11-20/h5-6,10,12-13,17,19,21H,4,7-9,11H2,1-3H3. The van der Waals surface area contributed by atoms with E-state index < -0.39 is 0 Å². The second-order valence-corrected chi connectivity index (χ2v) is 7.07. The average molecular weight is 355 g/mol. The summed E-state index contributed by atoms with van der Waals surface area (Å²) < 4.78 is 1.09. The third-order valence-corrected chi connectivity index (χ3v) is 4.91. The van der Waals surface area contributed by atoms with Gasteiger partial charge < -0.3 is 15.3 Å². The van der Waals surface area contributed by atoms with Gasteiger partial charge in [0.25, 0.3) is 0 Å². The largest absolute Gasteiger partial charge is 0.391 e. The van der Waals surface area contributed by atoms with Gasteiger partial charge in [0, 0.05) is 29.3 Å². The molecule has 3 unspecified atom stereocenters. The van der Waals surface area contributed by atoms with Crippen molar-refractivity contribution in [2.45, 2.75) is 45.8 Å². The fourth-order valence-corrected chi connectivity index (χ4v) is 3.24. The van der Waals surface area contributed by atoms with Crippen LogP contribution in [0.15, 0.2) is 22.7 Å². The first-order chi connectivity index (χ1) is 10.0. The zero-order valence-corrected chi connectivity index (χ0v) is 14.9. The van der Waals surface area contributed by atoms with Gasteiger partial charge >= 0.3 is 0 Å². The third-order valence-electron chi connectivity index (χ3n) is 4.42. The van der Waals surface area contributed by atoms with Crippen LogP contribution < -0.4 is 10.2 Å². The lowest BCUT2D eigenvalue weighted by molar-refractivity contribution is 0.103. The number of halogens is 1. The van der Waals surface area contributed by atoms with Crippen LogP contribution >= 0.6 is 15.9 Å². The fourth-order valence-electron chi connectivity index (χ4n) is 2.90. The van der Waals surface area contributed by atoms with Gasteiger partial charge in [-0.2, -0.15) is 0 Å². The Morgan fingerprint density at radius 2 is 2.24 bits per heavy atom. The lowest BCUT2D eigenvalue weighted by atomic mass is 9.94. The second kappa shape index (κ2) is 7.61. The number of benzene rings is 1. The second-order valence-electron chi connectivity index (χ2n) is 6.16. The highest BCUT2D eigenvalue weighted by atomic mass is 79.9. The van der Waals surface area contributed by atoms with Crippen LogP contribution in [-0.4, -0.2) is 30.8 Å². The maximum Gasteiger partial charge on any atom is 0.0741 e. The lowest BCUT2D eigenvalue weighted by Gasteiger charge is -2.37. The highest BCUT2D eigenvalue weighted by molar-refractivity contribution is 9.10. The molecule has 2 rings (SSSR count). The van der Waals surface area contributed by atoms with Crippen LogP contribution in [0.3, 0.4) is 0 Å². The summed E-state index contributed by atoms with van der Waals surface area (Å²) in [7, 11) is 0. The molecule has 0 bridgehead atoms.